The number of aromatic nitrogens is 5. The molecule has 7 heteroatoms. The lowest BCUT2D eigenvalue weighted by Gasteiger charge is -2.18. The molecule has 1 N–H and O–H groups in total. The number of pyridine rings is 2. The first kappa shape index (κ1) is 12.0. The van der Waals surface area contributed by atoms with E-state index in [1.807, 2.05) is 19.2 Å². The molecule has 0 atom stereocenters. The third-order valence-electron chi connectivity index (χ3n) is 2.79. The molecule has 3 aromatic heterocycles. The van der Waals surface area contributed by atoms with Crippen LogP contribution in [0.3, 0.4) is 0 Å². The molecule has 0 saturated carbocycles. The van der Waals surface area contributed by atoms with Gasteiger partial charge < -0.3 is 4.90 Å². The first-order chi connectivity index (χ1) is 9.24. The molecule has 0 aromatic carbocycles. The highest BCUT2D eigenvalue weighted by Gasteiger charge is 2.10. The van der Waals surface area contributed by atoms with Crippen molar-refractivity contribution in [3.8, 4) is 0 Å². The summed E-state index contributed by atoms with van der Waals surface area (Å²) in [6, 6.07) is 3.90. The SMILES string of the molecule is CN(Cc1ncn[nH]1)c1ccnc2cc(Br)cnc12. The van der Waals surface area contributed by atoms with E-state index in [9.17, 15) is 0 Å². The van der Waals surface area contributed by atoms with Crippen LogP contribution < -0.4 is 4.90 Å². The van der Waals surface area contributed by atoms with Gasteiger partial charge in [0.1, 0.15) is 17.7 Å². The number of halogens is 1. The maximum atomic E-state index is 4.43. The van der Waals surface area contributed by atoms with Gasteiger partial charge in [0.25, 0.3) is 0 Å². The zero-order valence-corrected chi connectivity index (χ0v) is 11.8. The van der Waals surface area contributed by atoms with Gasteiger partial charge in [-0.15, -0.1) is 0 Å². The van der Waals surface area contributed by atoms with Crippen molar-refractivity contribution in [3.63, 3.8) is 0 Å². The molecule has 0 spiro atoms. The lowest BCUT2D eigenvalue weighted by atomic mass is 10.2. The number of aromatic amines is 1. The molecule has 0 bridgehead atoms. The zero-order valence-electron chi connectivity index (χ0n) is 10.2. The molecule has 0 radical (unpaired) electrons. The Morgan fingerprint density at radius 3 is 3.00 bits per heavy atom. The molecule has 96 valence electrons. The lowest BCUT2D eigenvalue weighted by molar-refractivity contribution is 0.845. The van der Waals surface area contributed by atoms with Gasteiger partial charge in [-0.2, -0.15) is 5.10 Å². The molecule has 0 aliphatic heterocycles. The largest absolute Gasteiger partial charge is 0.365 e. The van der Waals surface area contributed by atoms with Crippen LogP contribution in [-0.2, 0) is 6.54 Å². The van der Waals surface area contributed by atoms with Gasteiger partial charge in [-0.05, 0) is 28.1 Å². The van der Waals surface area contributed by atoms with E-state index >= 15 is 0 Å². The molecule has 0 unspecified atom stereocenters. The number of rotatable bonds is 3. The molecular weight excluding hydrogens is 308 g/mol. The van der Waals surface area contributed by atoms with E-state index in [0.717, 1.165) is 27.0 Å². The topological polar surface area (TPSA) is 70.6 Å². The summed E-state index contributed by atoms with van der Waals surface area (Å²) < 4.78 is 0.919. The Balaban J connectivity index is 2.00. The first-order valence-corrected chi connectivity index (χ1v) is 6.49. The Morgan fingerprint density at radius 1 is 1.32 bits per heavy atom. The number of hydrogen-bond acceptors (Lipinski definition) is 5. The Bertz CT molecular complexity index is 697. The number of anilines is 1. The van der Waals surface area contributed by atoms with Crippen LogP contribution in [0, 0.1) is 0 Å². The van der Waals surface area contributed by atoms with Crippen LogP contribution >= 0.6 is 15.9 Å². The molecule has 3 rings (SSSR count). The molecule has 0 aliphatic carbocycles. The van der Waals surface area contributed by atoms with E-state index in [0.29, 0.717) is 6.54 Å². The van der Waals surface area contributed by atoms with Gasteiger partial charge >= 0.3 is 0 Å². The van der Waals surface area contributed by atoms with E-state index in [4.69, 9.17) is 0 Å². The molecule has 3 aromatic rings. The van der Waals surface area contributed by atoms with E-state index in [1.165, 1.54) is 6.33 Å². The molecule has 0 fully saturated rings. The minimum absolute atomic E-state index is 0.636. The van der Waals surface area contributed by atoms with Crippen LogP contribution in [-0.4, -0.2) is 32.2 Å². The van der Waals surface area contributed by atoms with Crippen molar-refractivity contribution < 1.29 is 0 Å². The van der Waals surface area contributed by atoms with Crippen LogP contribution in [0.1, 0.15) is 5.82 Å². The summed E-state index contributed by atoms with van der Waals surface area (Å²) in [5.74, 6) is 0.810. The third-order valence-corrected chi connectivity index (χ3v) is 3.22. The van der Waals surface area contributed by atoms with E-state index in [2.05, 4.69) is 46.0 Å². The molecule has 0 aliphatic rings. The molecule has 19 heavy (non-hydrogen) atoms. The normalized spacial score (nSPS) is 10.8. The molecule has 6 nitrogen and oxygen atoms in total. The molecule has 0 amide bonds. The summed E-state index contributed by atoms with van der Waals surface area (Å²) in [5, 5.41) is 6.69. The fraction of sp³-hybridized carbons (Fsp3) is 0.167. The highest BCUT2D eigenvalue weighted by Crippen LogP contribution is 2.25. The van der Waals surface area contributed by atoms with Crippen LogP contribution in [0.25, 0.3) is 11.0 Å². The predicted molar refractivity (Wildman–Crippen MR) is 75.7 cm³/mol. The second kappa shape index (κ2) is 4.93. The maximum Gasteiger partial charge on any atom is 0.143 e. The quantitative estimate of drug-likeness (QED) is 0.801. The van der Waals surface area contributed by atoms with Gasteiger partial charge in [0.05, 0.1) is 17.7 Å². The number of nitrogens with zero attached hydrogens (tertiary/aromatic N) is 5. The van der Waals surface area contributed by atoms with E-state index in [-0.39, 0.29) is 0 Å². The van der Waals surface area contributed by atoms with Crippen molar-refractivity contribution in [3.05, 3.63) is 41.2 Å². The predicted octanol–water partition coefficient (Wildman–Crippen LogP) is 2.15. The van der Waals surface area contributed by atoms with Crippen LogP contribution in [0.4, 0.5) is 5.69 Å². The Hall–Kier alpha value is -2.02. The number of hydrogen-bond donors (Lipinski definition) is 1. The summed E-state index contributed by atoms with van der Waals surface area (Å²) in [7, 11) is 1.99. The lowest BCUT2D eigenvalue weighted by Crippen LogP contribution is -2.18. The summed E-state index contributed by atoms with van der Waals surface area (Å²) in [6.45, 7) is 0.636. The van der Waals surface area contributed by atoms with Crippen molar-refractivity contribution >= 4 is 32.7 Å². The monoisotopic (exact) mass is 318 g/mol. The van der Waals surface area contributed by atoms with E-state index in [1.54, 1.807) is 12.4 Å². The van der Waals surface area contributed by atoms with Gasteiger partial charge in [-0.25, -0.2) is 4.98 Å². The summed E-state index contributed by atoms with van der Waals surface area (Å²) >= 11 is 3.40. The Morgan fingerprint density at radius 2 is 2.21 bits per heavy atom. The van der Waals surface area contributed by atoms with Gasteiger partial charge in [-0.3, -0.25) is 15.1 Å². The highest BCUT2D eigenvalue weighted by atomic mass is 79.9. The Labute approximate surface area is 118 Å². The van der Waals surface area contributed by atoms with Crippen molar-refractivity contribution in [2.24, 2.45) is 0 Å². The zero-order chi connectivity index (χ0) is 13.2. The summed E-state index contributed by atoms with van der Waals surface area (Å²) in [6.07, 6.45) is 5.06. The van der Waals surface area contributed by atoms with Crippen LogP contribution in [0.5, 0.6) is 0 Å². The van der Waals surface area contributed by atoms with Gasteiger partial charge in [0.2, 0.25) is 0 Å². The summed E-state index contributed by atoms with van der Waals surface area (Å²) in [5.41, 5.74) is 2.73. The van der Waals surface area contributed by atoms with Gasteiger partial charge in [-0.1, -0.05) is 0 Å². The van der Waals surface area contributed by atoms with Crippen molar-refractivity contribution in [2.45, 2.75) is 6.54 Å². The van der Waals surface area contributed by atoms with Crippen LogP contribution in [0.2, 0.25) is 0 Å². The molecular formula is C12H11BrN6. The van der Waals surface area contributed by atoms with Crippen molar-refractivity contribution in [1.82, 2.24) is 25.1 Å². The van der Waals surface area contributed by atoms with E-state index < -0.39 is 0 Å². The fourth-order valence-electron chi connectivity index (χ4n) is 1.92. The third kappa shape index (κ3) is 2.41. The maximum absolute atomic E-state index is 4.43. The smallest absolute Gasteiger partial charge is 0.143 e. The molecule has 3 heterocycles. The van der Waals surface area contributed by atoms with Crippen molar-refractivity contribution in [2.75, 3.05) is 11.9 Å². The first-order valence-electron chi connectivity index (χ1n) is 5.69. The highest BCUT2D eigenvalue weighted by molar-refractivity contribution is 9.10. The van der Waals surface area contributed by atoms with Gasteiger partial charge in [0, 0.05) is 23.9 Å². The summed E-state index contributed by atoms with van der Waals surface area (Å²) in [4.78, 5) is 14.9. The van der Waals surface area contributed by atoms with Crippen LogP contribution in [0.15, 0.2) is 35.3 Å². The standard InChI is InChI=1S/C12H11BrN6/c1-19(6-11-16-7-17-18-11)10-2-3-14-9-4-8(13)5-15-12(9)10/h2-5,7H,6H2,1H3,(H,16,17,18). The fourth-order valence-corrected chi connectivity index (χ4v) is 2.24. The average molecular weight is 319 g/mol. The van der Waals surface area contributed by atoms with Crippen molar-refractivity contribution in [1.29, 1.82) is 0 Å². The van der Waals surface area contributed by atoms with Gasteiger partial charge in [0.15, 0.2) is 0 Å². The number of H-pyrrole nitrogens is 1. The minimum atomic E-state index is 0.636. The second-order valence-electron chi connectivity index (χ2n) is 4.14. The minimum Gasteiger partial charge on any atom is -0.365 e. The number of fused-ring (bicyclic) bond motifs is 1. The Kier molecular flexibility index (Phi) is 3.12. The molecule has 0 saturated heterocycles. The average Bonchev–Trinajstić information content (AvgIpc) is 2.90. The number of nitrogens with one attached hydrogen (secondary N) is 1. The second-order valence-corrected chi connectivity index (χ2v) is 5.06.